The third-order valence-electron chi connectivity index (χ3n) is 2.17. The lowest BCUT2D eigenvalue weighted by Gasteiger charge is -2.21. The highest BCUT2D eigenvalue weighted by Crippen LogP contribution is 2.13. The second kappa shape index (κ2) is 6.52. The van der Waals surface area contributed by atoms with E-state index in [1.54, 1.807) is 0 Å². The normalized spacial score (nSPS) is 14.4. The summed E-state index contributed by atoms with van der Waals surface area (Å²) in [5, 5.41) is 11.8. The number of benzene rings is 1. The fraction of sp³-hybridized carbons (Fsp3) is 0.364. The van der Waals surface area contributed by atoms with Crippen molar-refractivity contribution in [2.24, 2.45) is 0 Å². The van der Waals surface area contributed by atoms with Gasteiger partial charge in [-0.25, -0.2) is 0 Å². The number of methoxy groups -OCH3 is 1. The maximum Gasteiger partial charge on any atom is 0.321 e. The zero-order valence-corrected chi connectivity index (χ0v) is 9.85. The van der Waals surface area contributed by atoms with Crippen molar-refractivity contribution in [3.05, 3.63) is 35.9 Å². The highest BCUT2D eigenvalue weighted by molar-refractivity contribution is 7.80. The molecule has 0 aliphatic rings. The van der Waals surface area contributed by atoms with Gasteiger partial charge in [0.05, 0.1) is 0 Å². The van der Waals surface area contributed by atoms with E-state index in [0.717, 1.165) is 5.56 Å². The first-order valence-corrected chi connectivity index (χ1v) is 5.49. The maximum absolute atomic E-state index is 10.8. The highest BCUT2D eigenvalue weighted by Gasteiger charge is 2.20. The fourth-order valence-corrected chi connectivity index (χ4v) is 1.57. The molecular formula is C11H15NO3S. The number of rotatable bonds is 6. The van der Waals surface area contributed by atoms with Crippen molar-refractivity contribution in [1.29, 1.82) is 0 Å². The smallest absolute Gasteiger partial charge is 0.321 e. The van der Waals surface area contributed by atoms with E-state index < -0.39 is 18.2 Å². The molecule has 0 fully saturated rings. The zero-order chi connectivity index (χ0) is 12.0. The quantitative estimate of drug-likeness (QED) is 0.519. The Morgan fingerprint density at radius 1 is 1.50 bits per heavy atom. The molecule has 16 heavy (non-hydrogen) atoms. The molecule has 0 bridgehead atoms. The van der Waals surface area contributed by atoms with Crippen molar-refractivity contribution in [3.63, 3.8) is 0 Å². The monoisotopic (exact) mass is 241 g/mol. The van der Waals surface area contributed by atoms with Crippen molar-refractivity contribution < 1.29 is 14.6 Å². The number of nitrogens with one attached hydrogen (secondary N) is 1. The summed E-state index contributed by atoms with van der Waals surface area (Å²) < 4.78 is 5.21. The van der Waals surface area contributed by atoms with Gasteiger partial charge in [0.2, 0.25) is 0 Å². The van der Waals surface area contributed by atoms with Crippen LogP contribution in [0, 0.1) is 0 Å². The molecule has 1 aromatic carbocycles. The van der Waals surface area contributed by atoms with Crippen LogP contribution in [0.2, 0.25) is 0 Å². The van der Waals surface area contributed by atoms with Crippen molar-refractivity contribution >= 4 is 18.6 Å². The number of ether oxygens (including phenoxy) is 1. The van der Waals surface area contributed by atoms with E-state index in [1.807, 2.05) is 30.3 Å². The molecule has 0 heterocycles. The van der Waals surface area contributed by atoms with Crippen LogP contribution in [0.1, 0.15) is 11.8 Å². The van der Waals surface area contributed by atoms with Gasteiger partial charge in [0, 0.05) is 12.9 Å². The van der Waals surface area contributed by atoms with Gasteiger partial charge < -0.3 is 9.84 Å². The first kappa shape index (κ1) is 13.0. The summed E-state index contributed by atoms with van der Waals surface area (Å²) in [4.78, 5) is 10.8. The predicted octanol–water partition coefficient (Wildman–Crippen LogP) is 1.30. The first-order valence-electron chi connectivity index (χ1n) is 4.86. The van der Waals surface area contributed by atoms with Gasteiger partial charge in [-0.3, -0.25) is 10.1 Å². The standard InChI is InChI=1S/C11H15NO3S/c1-15-10(8-5-3-2-4-6-8)12-9(7-16)11(13)14/h2-6,9-10,12,16H,7H2,1H3,(H,13,14)/t9?,10-/m0/s1. The van der Waals surface area contributed by atoms with E-state index in [9.17, 15) is 4.79 Å². The maximum atomic E-state index is 10.8. The summed E-state index contributed by atoms with van der Waals surface area (Å²) in [6.07, 6.45) is -0.436. The van der Waals surface area contributed by atoms with Gasteiger partial charge >= 0.3 is 5.97 Å². The van der Waals surface area contributed by atoms with Crippen LogP contribution in [0.3, 0.4) is 0 Å². The van der Waals surface area contributed by atoms with E-state index in [4.69, 9.17) is 9.84 Å². The zero-order valence-electron chi connectivity index (χ0n) is 8.96. The van der Waals surface area contributed by atoms with Gasteiger partial charge in [-0.05, 0) is 5.56 Å². The molecule has 0 amide bonds. The molecular weight excluding hydrogens is 226 g/mol. The van der Waals surface area contributed by atoms with Crippen LogP contribution < -0.4 is 5.32 Å². The van der Waals surface area contributed by atoms with Crippen LogP contribution in [-0.2, 0) is 9.53 Å². The molecule has 1 unspecified atom stereocenters. The van der Waals surface area contributed by atoms with Gasteiger partial charge in [-0.1, -0.05) is 30.3 Å². The third kappa shape index (κ3) is 3.52. The Morgan fingerprint density at radius 2 is 2.12 bits per heavy atom. The van der Waals surface area contributed by atoms with Gasteiger partial charge in [-0.15, -0.1) is 0 Å². The Labute approximate surface area is 100 Å². The van der Waals surface area contributed by atoms with Gasteiger partial charge in [-0.2, -0.15) is 12.6 Å². The van der Waals surface area contributed by atoms with E-state index in [-0.39, 0.29) is 5.75 Å². The molecule has 1 aromatic rings. The van der Waals surface area contributed by atoms with Crippen LogP contribution in [0.15, 0.2) is 30.3 Å². The second-order valence-electron chi connectivity index (χ2n) is 3.27. The van der Waals surface area contributed by atoms with Gasteiger partial charge in [0.15, 0.2) is 0 Å². The number of hydrogen-bond donors (Lipinski definition) is 3. The SMILES string of the molecule is CO[C@H](NC(CS)C(=O)O)c1ccccc1. The second-order valence-corrected chi connectivity index (χ2v) is 3.63. The average Bonchev–Trinajstić information content (AvgIpc) is 2.31. The molecule has 2 N–H and O–H groups in total. The minimum Gasteiger partial charge on any atom is -0.480 e. The Balaban J connectivity index is 2.72. The minimum absolute atomic E-state index is 0.210. The van der Waals surface area contributed by atoms with Crippen LogP contribution in [0.25, 0.3) is 0 Å². The lowest BCUT2D eigenvalue weighted by Crippen LogP contribution is -2.41. The lowest BCUT2D eigenvalue weighted by molar-refractivity contribution is -0.140. The van der Waals surface area contributed by atoms with Crippen molar-refractivity contribution in [3.8, 4) is 0 Å². The minimum atomic E-state index is -0.937. The van der Waals surface area contributed by atoms with Crippen molar-refractivity contribution in [2.75, 3.05) is 12.9 Å². The Bertz CT molecular complexity index is 331. The number of carboxylic acid groups (broad SMARTS) is 1. The molecule has 5 heteroatoms. The topological polar surface area (TPSA) is 58.6 Å². The highest BCUT2D eigenvalue weighted by atomic mass is 32.1. The predicted molar refractivity (Wildman–Crippen MR) is 64.6 cm³/mol. The van der Waals surface area contributed by atoms with Crippen LogP contribution >= 0.6 is 12.6 Å². The number of thiol groups is 1. The molecule has 0 saturated heterocycles. The number of carboxylic acids is 1. The van der Waals surface area contributed by atoms with E-state index in [1.165, 1.54) is 7.11 Å². The lowest BCUT2D eigenvalue weighted by atomic mass is 10.2. The third-order valence-corrected chi connectivity index (χ3v) is 2.54. The Hall–Kier alpha value is -1.04. The molecule has 0 aliphatic carbocycles. The molecule has 0 aliphatic heterocycles. The number of carbonyl (C=O) groups is 1. The molecule has 1 rings (SSSR count). The Morgan fingerprint density at radius 3 is 2.56 bits per heavy atom. The molecule has 0 aromatic heterocycles. The van der Waals surface area contributed by atoms with E-state index >= 15 is 0 Å². The van der Waals surface area contributed by atoms with Crippen molar-refractivity contribution in [1.82, 2.24) is 5.32 Å². The molecule has 0 spiro atoms. The summed E-state index contributed by atoms with van der Waals surface area (Å²) in [6.45, 7) is 0. The summed E-state index contributed by atoms with van der Waals surface area (Å²) in [5.74, 6) is -0.727. The number of hydrogen-bond acceptors (Lipinski definition) is 4. The summed E-state index contributed by atoms with van der Waals surface area (Å²) in [6, 6.07) is 8.66. The van der Waals surface area contributed by atoms with Crippen LogP contribution in [-0.4, -0.2) is 30.0 Å². The summed E-state index contributed by atoms with van der Waals surface area (Å²) in [5.41, 5.74) is 0.887. The van der Waals surface area contributed by atoms with Gasteiger partial charge in [0.1, 0.15) is 12.3 Å². The summed E-state index contributed by atoms with van der Waals surface area (Å²) in [7, 11) is 1.53. The van der Waals surface area contributed by atoms with E-state index in [2.05, 4.69) is 17.9 Å². The Kier molecular flexibility index (Phi) is 5.31. The molecule has 4 nitrogen and oxygen atoms in total. The van der Waals surface area contributed by atoms with Crippen molar-refractivity contribution in [2.45, 2.75) is 12.3 Å². The molecule has 0 saturated carbocycles. The summed E-state index contributed by atoms with van der Waals surface area (Å²) >= 11 is 3.98. The average molecular weight is 241 g/mol. The van der Waals surface area contributed by atoms with Gasteiger partial charge in [0.25, 0.3) is 0 Å². The first-order chi connectivity index (χ1) is 7.69. The van der Waals surface area contributed by atoms with Crippen LogP contribution in [0.4, 0.5) is 0 Å². The fourth-order valence-electron chi connectivity index (χ4n) is 1.31. The molecule has 88 valence electrons. The largest absolute Gasteiger partial charge is 0.480 e. The van der Waals surface area contributed by atoms with E-state index in [0.29, 0.717) is 0 Å². The molecule has 2 atom stereocenters. The number of aliphatic carboxylic acids is 1. The van der Waals surface area contributed by atoms with Crippen LogP contribution in [0.5, 0.6) is 0 Å². The molecule has 0 radical (unpaired) electrons.